The standard InChI is InChI=1S/C15H19N3O2/c1-11(2)8-9-18-15(12-6-4-3-5-7-12)13(16-17-18)10-14(19)20/h3-7,11H,8-10H2,1-2H3,(H,19,20). The van der Waals surface area contributed by atoms with Gasteiger partial charge in [0.05, 0.1) is 12.1 Å². The second-order valence-corrected chi connectivity index (χ2v) is 5.23. The minimum atomic E-state index is -0.891. The minimum absolute atomic E-state index is 0.105. The normalized spacial score (nSPS) is 10.9. The van der Waals surface area contributed by atoms with Crippen LogP contribution in [0, 0.1) is 5.92 Å². The van der Waals surface area contributed by atoms with Gasteiger partial charge in [-0.1, -0.05) is 49.4 Å². The fourth-order valence-electron chi connectivity index (χ4n) is 2.06. The fourth-order valence-corrected chi connectivity index (χ4v) is 2.06. The number of hydrogen-bond donors (Lipinski definition) is 1. The highest BCUT2D eigenvalue weighted by Gasteiger charge is 2.17. The molecule has 0 aliphatic rings. The van der Waals surface area contributed by atoms with Crippen molar-refractivity contribution in [1.29, 1.82) is 0 Å². The summed E-state index contributed by atoms with van der Waals surface area (Å²) in [5.74, 6) is -0.330. The molecule has 0 bridgehead atoms. The molecule has 106 valence electrons. The quantitative estimate of drug-likeness (QED) is 0.878. The summed E-state index contributed by atoms with van der Waals surface area (Å²) in [7, 11) is 0. The van der Waals surface area contributed by atoms with E-state index in [4.69, 9.17) is 5.11 Å². The highest BCUT2D eigenvalue weighted by Crippen LogP contribution is 2.23. The maximum absolute atomic E-state index is 11.0. The lowest BCUT2D eigenvalue weighted by atomic mass is 10.1. The van der Waals surface area contributed by atoms with Crippen molar-refractivity contribution in [2.45, 2.75) is 33.2 Å². The zero-order chi connectivity index (χ0) is 14.5. The summed E-state index contributed by atoms with van der Waals surface area (Å²) < 4.78 is 1.81. The second-order valence-electron chi connectivity index (χ2n) is 5.23. The highest BCUT2D eigenvalue weighted by atomic mass is 16.4. The Balaban J connectivity index is 2.37. The number of aryl methyl sites for hydroxylation is 1. The summed E-state index contributed by atoms with van der Waals surface area (Å²) in [4.78, 5) is 11.0. The first-order chi connectivity index (χ1) is 9.58. The van der Waals surface area contributed by atoms with Gasteiger partial charge in [-0.2, -0.15) is 0 Å². The molecule has 0 saturated heterocycles. The predicted octanol–water partition coefficient (Wildman–Crippen LogP) is 2.62. The molecule has 0 fully saturated rings. The third-order valence-electron chi connectivity index (χ3n) is 3.09. The molecule has 1 heterocycles. The van der Waals surface area contributed by atoms with E-state index in [2.05, 4.69) is 24.2 Å². The summed E-state index contributed by atoms with van der Waals surface area (Å²) in [6.07, 6.45) is 0.877. The Morgan fingerprint density at radius 3 is 2.60 bits per heavy atom. The average molecular weight is 273 g/mol. The minimum Gasteiger partial charge on any atom is -0.481 e. The third kappa shape index (κ3) is 3.44. The molecule has 2 rings (SSSR count). The van der Waals surface area contributed by atoms with Crippen LogP contribution in [-0.2, 0) is 17.8 Å². The number of aromatic nitrogens is 3. The van der Waals surface area contributed by atoms with Gasteiger partial charge >= 0.3 is 5.97 Å². The molecule has 0 aliphatic heterocycles. The molecule has 20 heavy (non-hydrogen) atoms. The Hall–Kier alpha value is -2.17. The lowest BCUT2D eigenvalue weighted by Gasteiger charge is -2.09. The first kappa shape index (κ1) is 14.2. The third-order valence-corrected chi connectivity index (χ3v) is 3.09. The van der Waals surface area contributed by atoms with E-state index in [-0.39, 0.29) is 6.42 Å². The van der Waals surface area contributed by atoms with Gasteiger partial charge in [-0.05, 0) is 12.3 Å². The van der Waals surface area contributed by atoms with Crippen LogP contribution in [0.5, 0.6) is 0 Å². The van der Waals surface area contributed by atoms with Gasteiger partial charge in [-0.15, -0.1) is 5.10 Å². The molecule has 1 aromatic carbocycles. The molecular formula is C15H19N3O2. The smallest absolute Gasteiger partial charge is 0.309 e. The van der Waals surface area contributed by atoms with E-state index in [1.807, 2.05) is 35.0 Å². The number of nitrogens with zero attached hydrogens (tertiary/aromatic N) is 3. The molecule has 2 aromatic rings. The van der Waals surface area contributed by atoms with E-state index in [1.165, 1.54) is 0 Å². The molecule has 5 heteroatoms. The van der Waals surface area contributed by atoms with Gasteiger partial charge in [-0.3, -0.25) is 4.79 Å². The van der Waals surface area contributed by atoms with E-state index in [0.717, 1.165) is 24.2 Å². The van der Waals surface area contributed by atoms with Crippen LogP contribution in [0.1, 0.15) is 26.0 Å². The van der Waals surface area contributed by atoms with Crippen LogP contribution in [0.4, 0.5) is 0 Å². The monoisotopic (exact) mass is 273 g/mol. The van der Waals surface area contributed by atoms with Gasteiger partial charge in [0.2, 0.25) is 0 Å². The van der Waals surface area contributed by atoms with Crippen molar-refractivity contribution in [3.63, 3.8) is 0 Å². The molecule has 0 amide bonds. The Kier molecular flexibility index (Phi) is 4.50. The first-order valence-corrected chi connectivity index (χ1v) is 6.77. The Labute approximate surface area is 118 Å². The van der Waals surface area contributed by atoms with Crippen molar-refractivity contribution in [3.05, 3.63) is 36.0 Å². The molecule has 0 unspecified atom stereocenters. The van der Waals surface area contributed by atoms with Crippen molar-refractivity contribution >= 4 is 5.97 Å². The van der Waals surface area contributed by atoms with Crippen molar-refractivity contribution in [2.75, 3.05) is 0 Å². The van der Waals surface area contributed by atoms with E-state index in [1.54, 1.807) is 0 Å². The molecule has 0 atom stereocenters. The van der Waals surface area contributed by atoms with E-state index in [0.29, 0.717) is 11.6 Å². The van der Waals surface area contributed by atoms with E-state index in [9.17, 15) is 4.79 Å². The number of carbonyl (C=O) groups is 1. The number of carboxylic acid groups (broad SMARTS) is 1. The summed E-state index contributed by atoms with van der Waals surface area (Å²) in [5, 5.41) is 17.2. The SMILES string of the molecule is CC(C)CCn1nnc(CC(=O)O)c1-c1ccccc1. The van der Waals surface area contributed by atoms with Crippen LogP contribution in [0.2, 0.25) is 0 Å². The Morgan fingerprint density at radius 2 is 2.00 bits per heavy atom. The van der Waals surface area contributed by atoms with Crippen LogP contribution in [-0.4, -0.2) is 26.1 Å². The van der Waals surface area contributed by atoms with Gasteiger partial charge in [0, 0.05) is 12.1 Å². The first-order valence-electron chi connectivity index (χ1n) is 6.77. The van der Waals surface area contributed by atoms with Crippen molar-refractivity contribution in [3.8, 4) is 11.3 Å². The van der Waals surface area contributed by atoms with E-state index >= 15 is 0 Å². The van der Waals surface area contributed by atoms with Gasteiger partial charge in [-0.25, -0.2) is 4.68 Å². The molecule has 1 aromatic heterocycles. The van der Waals surface area contributed by atoms with Gasteiger partial charge in [0.15, 0.2) is 0 Å². The van der Waals surface area contributed by atoms with Crippen molar-refractivity contribution in [1.82, 2.24) is 15.0 Å². The second kappa shape index (κ2) is 6.32. The topological polar surface area (TPSA) is 68.0 Å². The van der Waals surface area contributed by atoms with Gasteiger partial charge in [0.1, 0.15) is 5.69 Å². The molecule has 0 radical (unpaired) electrons. The van der Waals surface area contributed by atoms with Crippen LogP contribution in [0.15, 0.2) is 30.3 Å². The maximum Gasteiger partial charge on any atom is 0.309 e. The van der Waals surface area contributed by atoms with Gasteiger partial charge in [0.25, 0.3) is 0 Å². The molecule has 1 N–H and O–H groups in total. The summed E-state index contributed by atoms with van der Waals surface area (Å²) in [5.41, 5.74) is 2.29. The van der Waals surface area contributed by atoms with Crippen LogP contribution in [0.3, 0.4) is 0 Å². The van der Waals surface area contributed by atoms with Crippen molar-refractivity contribution < 1.29 is 9.90 Å². The molecule has 0 aliphatic carbocycles. The van der Waals surface area contributed by atoms with Crippen LogP contribution in [0.25, 0.3) is 11.3 Å². The summed E-state index contributed by atoms with van der Waals surface area (Å²) in [6.45, 7) is 5.04. The maximum atomic E-state index is 11.0. The highest BCUT2D eigenvalue weighted by molar-refractivity contribution is 5.73. The summed E-state index contributed by atoms with van der Waals surface area (Å²) in [6, 6.07) is 9.70. The lowest BCUT2D eigenvalue weighted by Crippen LogP contribution is -2.07. The fraction of sp³-hybridized carbons (Fsp3) is 0.400. The Morgan fingerprint density at radius 1 is 1.30 bits per heavy atom. The predicted molar refractivity (Wildman–Crippen MR) is 76.3 cm³/mol. The molecule has 0 spiro atoms. The van der Waals surface area contributed by atoms with E-state index < -0.39 is 5.97 Å². The van der Waals surface area contributed by atoms with Crippen molar-refractivity contribution in [2.24, 2.45) is 5.92 Å². The van der Waals surface area contributed by atoms with Crippen LogP contribution < -0.4 is 0 Å². The summed E-state index contributed by atoms with van der Waals surface area (Å²) >= 11 is 0. The largest absolute Gasteiger partial charge is 0.481 e. The zero-order valence-corrected chi connectivity index (χ0v) is 11.8. The lowest BCUT2D eigenvalue weighted by molar-refractivity contribution is -0.136. The van der Waals surface area contributed by atoms with Crippen LogP contribution >= 0.6 is 0 Å². The number of aliphatic carboxylic acids is 1. The number of hydrogen-bond acceptors (Lipinski definition) is 3. The average Bonchev–Trinajstić information content (AvgIpc) is 2.79. The number of rotatable bonds is 6. The molecule has 5 nitrogen and oxygen atoms in total. The van der Waals surface area contributed by atoms with Gasteiger partial charge < -0.3 is 5.11 Å². The molecular weight excluding hydrogens is 254 g/mol. The number of carboxylic acids is 1. The zero-order valence-electron chi connectivity index (χ0n) is 11.8. The molecule has 0 saturated carbocycles. The number of benzene rings is 1. The Bertz CT molecular complexity index is 576.